The molecule has 2 saturated heterocycles. The highest BCUT2D eigenvalue weighted by atomic mass is 35.5. The van der Waals surface area contributed by atoms with Crippen molar-refractivity contribution in [3.63, 3.8) is 0 Å². The second kappa shape index (κ2) is 34.4. The normalized spacial score (nSPS) is 31.0. The van der Waals surface area contributed by atoms with Gasteiger partial charge in [-0.05, 0) is 133 Å². The fraction of sp³-hybridized carbons (Fsp3) is 0.831. The number of alkyl halides is 4. The summed E-state index contributed by atoms with van der Waals surface area (Å²) in [7, 11) is 10.1. The molecule has 91 heavy (non-hydrogen) atoms. The van der Waals surface area contributed by atoms with Crippen LogP contribution >= 0.6 is 11.6 Å². The van der Waals surface area contributed by atoms with E-state index in [1.54, 1.807) is 27.7 Å². The summed E-state index contributed by atoms with van der Waals surface area (Å²) >= 11 is 6.49. The van der Waals surface area contributed by atoms with Crippen molar-refractivity contribution < 1.29 is 65.9 Å². The van der Waals surface area contributed by atoms with Crippen LogP contribution in [0.5, 0.6) is 0 Å². The third kappa shape index (κ3) is 20.9. The summed E-state index contributed by atoms with van der Waals surface area (Å²) in [6.45, 7) is 8.81. The lowest BCUT2D eigenvalue weighted by Gasteiger charge is -2.39. The molecule has 3 N–H and O–H groups in total. The quantitative estimate of drug-likeness (QED) is 0.228. The molecular weight excluding hydrogens is 1200 g/mol. The Kier molecular flexibility index (Phi) is 28.7. The second-order valence-electron chi connectivity index (χ2n) is 27.7. The summed E-state index contributed by atoms with van der Waals surface area (Å²) in [5.74, 6) is -9.05. The van der Waals surface area contributed by atoms with Gasteiger partial charge < -0.3 is 55.1 Å². The van der Waals surface area contributed by atoms with Gasteiger partial charge in [-0.25, -0.2) is 0 Å². The van der Waals surface area contributed by atoms with Crippen molar-refractivity contribution in [2.24, 2.45) is 35.5 Å². The monoisotopic (exact) mass is 1310 g/mol. The Hall–Kier alpha value is -5.75. The maximum atomic E-state index is 15.2. The van der Waals surface area contributed by atoms with Crippen molar-refractivity contribution in [2.45, 2.75) is 236 Å². The van der Waals surface area contributed by atoms with E-state index in [2.05, 4.69) is 16.0 Å². The molecule has 0 radical (unpaired) electrons. The van der Waals surface area contributed by atoms with E-state index in [1.165, 1.54) is 80.8 Å². The standard InChI is InChI=1S/C65H107ClF3N11O11/c1-14-40(4)56-64(91)75(9)37-54(83)73(7)38-55(84)77(11)50(35-45-24-29-47(66)30-25-45)61(88)74(8)36-52(81)71-48(31-26-43-22-27-46(28-23-43)65(67,68)69)60(87)80-32-18-21-49(80)62(89)78(12)51(34-44-19-16-15-17-20-44)63(90)79(13)57(39(2)3)59(86)70-41(5)33-53(82)76(10)42(6)58(85)72-56/h39-51,56-57H,14-38H2,1-13H3,(H,70,86)(H,71,81)(H,72,85)/t40-,41+,42-,43?,45?,46?,47?,48-,49-,50-,51-,56-,57-/m0/s1. The Balaban J connectivity index is 1.53. The molecule has 0 aromatic rings. The first kappa shape index (κ1) is 76.0. The number of hydrogen-bond donors (Lipinski definition) is 3. The van der Waals surface area contributed by atoms with Crippen LogP contribution in [0.25, 0.3) is 0 Å². The maximum absolute atomic E-state index is 15.2. The minimum absolute atomic E-state index is 0.0139. The summed E-state index contributed by atoms with van der Waals surface area (Å²) in [4.78, 5) is 169. The molecule has 0 aromatic carbocycles. The largest absolute Gasteiger partial charge is 0.391 e. The molecule has 0 bridgehead atoms. The van der Waals surface area contributed by atoms with Crippen molar-refractivity contribution in [1.82, 2.24) is 55.1 Å². The molecule has 9 atom stereocenters. The fourth-order valence-electron chi connectivity index (χ4n) is 14.0. The summed E-state index contributed by atoms with van der Waals surface area (Å²) in [5.41, 5.74) is 0. The average molecular weight is 1310 g/mol. The van der Waals surface area contributed by atoms with E-state index >= 15 is 14.4 Å². The average Bonchev–Trinajstić information content (AvgIpc) is 1.93. The van der Waals surface area contributed by atoms with Gasteiger partial charge >= 0.3 is 6.18 Å². The zero-order valence-corrected chi connectivity index (χ0v) is 57.2. The van der Waals surface area contributed by atoms with E-state index in [4.69, 9.17) is 11.6 Å². The van der Waals surface area contributed by atoms with Crippen LogP contribution in [-0.2, 0) is 52.7 Å². The molecule has 516 valence electrons. The minimum atomic E-state index is -4.34. The maximum Gasteiger partial charge on any atom is 0.391 e. The van der Waals surface area contributed by atoms with Crippen LogP contribution in [0.4, 0.5) is 13.2 Å². The van der Waals surface area contributed by atoms with Gasteiger partial charge in [-0.15, -0.1) is 11.6 Å². The number of hydrogen-bond acceptors (Lipinski definition) is 11. The van der Waals surface area contributed by atoms with Gasteiger partial charge in [-0.3, -0.25) is 52.7 Å². The van der Waals surface area contributed by atoms with E-state index < -0.39 is 157 Å². The number of likely N-dealkylation sites (N-methyl/N-ethyl adjacent to an activating group) is 7. The Labute approximate surface area is 542 Å². The first-order chi connectivity index (χ1) is 42.7. The highest BCUT2D eigenvalue weighted by molar-refractivity contribution is 6.20. The first-order valence-electron chi connectivity index (χ1n) is 33.4. The number of nitrogens with zero attached hydrogens (tertiary/aromatic N) is 8. The molecule has 5 fully saturated rings. The van der Waals surface area contributed by atoms with Crippen molar-refractivity contribution in [1.29, 1.82) is 0 Å². The molecule has 2 heterocycles. The molecule has 5 rings (SSSR count). The Bertz CT molecular complexity index is 2540. The Morgan fingerprint density at radius 3 is 1.67 bits per heavy atom. The van der Waals surface area contributed by atoms with Gasteiger partial charge in [0.05, 0.1) is 25.6 Å². The van der Waals surface area contributed by atoms with Crippen LogP contribution in [0.3, 0.4) is 0 Å². The molecule has 5 aliphatic rings. The van der Waals surface area contributed by atoms with Crippen LogP contribution in [0.1, 0.15) is 176 Å². The van der Waals surface area contributed by atoms with Crippen molar-refractivity contribution in [3.05, 3.63) is 0 Å². The van der Waals surface area contributed by atoms with Gasteiger partial charge in [-0.1, -0.05) is 66.2 Å². The molecule has 2 aliphatic heterocycles. The topological polar surface area (TPSA) is 250 Å². The van der Waals surface area contributed by atoms with E-state index in [-0.39, 0.29) is 93.9 Å². The number of amides is 11. The summed E-state index contributed by atoms with van der Waals surface area (Å²) in [6, 6.07) is -8.65. The molecule has 3 aliphatic carbocycles. The highest BCUT2D eigenvalue weighted by Gasteiger charge is 2.46. The zero-order chi connectivity index (χ0) is 67.9. The first-order valence-corrected chi connectivity index (χ1v) is 33.8. The number of carbonyl (C=O) groups is 11. The van der Waals surface area contributed by atoms with Gasteiger partial charge in [0.15, 0.2) is 0 Å². The lowest BCUT2D eigenvalue weighted by molar-refractivity contribution is -0.184. The molecule has 0 unspecified atom stereocenters. The number of fused-ring (bicyclic) bond motifs is 1. The van der Waals surface area contributed by atoms with E-state index in [9.17, 15) is 51.5 Å². The lowest BCUT2D eigenvalue weighted by atomic mass is 9.79. The third-order valence-corrected chi connectivity index (χ3v) is 20.9. The van der Waals surface area contributed by atoms with Gasteiger partial charge in [0, 0.05) is 73.7 Å². The van der Waals surface area contributed by atoms with Gasteiger partial charge in [0.1, 0.15) is 42.3 Å². The summed E-state index contributed by atoms with van der Waals surface area (Å²) < 4.78 is 41.4. The third-order valence-electron chi connectivity index (χ3n) is 20.5. The van der Waals surface area contributed by atoms with E-state index in [0.717, 1.165) is 46.8 Å². The number of nitrogens with one attached hydrogen (secondary N) is 3. The SMILES string of the molecule is CC[C@H](C)[C@@H]1NC(=O)[C@H](C)N(C)C(=O)C[C@@H](C)NC(=O)[C@H](C(C)C)N(C)C(=O)[C@H](CC2CCCCC2)N(C)C(=O)[C@@H]2CCCN2C(=O)[C@H](CCC2CCC(C(F)(F)F)CC2)NC(=O)CN(C)C(=O)[C@H](CC2CCC(Cl)CC2)N(C)C(=O)CN(C)C(=O)CN(C)C1=O. The predicted molar refractivity (Wildman–Crippen MR) is 338 cm³/mol. The van der Waals surface area contributed by atoms with Crippen molar-refractivity contribution in [3.8, 4) is 0 Å². The van der Waals surface area contributed by atoms with Gasteiger partial charge in [-0.2, -0.15) is 13.2 Å². The number of rotatable bonds is 10. The highest BCUT2D eigenvalue weighted by Crippen LogP contribution is 2.41. The van der Waals surface area contributed by atoms with E-state index in [0.29, 0.717) is 38.5 Å². The van der Waals surface area contributed by atoms with Crippen LogP contribution < -0.4 is 16.0 Å². The van der Waals surface area contributed by atoms with Crippen LogP contribution in [0.2, 0.25) is 0 Å². The van der Waals surface area contributed by atoms with Crippen LogP contribution in [0.15, 0.2) is 0 Å². The second-order valence-corrected chi connectivity index (χ2v) is 28.3. The summed E-state index contributed by atoms with van der Waals surface area (Å²) in [6.07, 6.45) is 4.81. The Morgan fingerprint density at radius 2 is 1.09 bits per heavy atom. The van der Waals surface area contributed by atoms with Crippen LogP contribution in [-0.4, -0.2) is 240 Å². The molecule has 22 nitrogen and oxygen atoms in total. The molecular formula is C65H107ClF3N11O11. The van der Waals surface area contributed by atoms with E-state index in [1.807, 2.05) is 6.92 Å². The predicted octanol–water partition coefficient (Wildman–Crippen LogP) is 5.57. The number of halogens is 4. The smallest absolute Gasteiger partial charge is 0.351 e. The Morgan fingerprint density at radius 1 is 0.527 bits per heavy atom. The van der Waals surface area contributed by atoms with Gasteiger partial charge in [0.25, 0.3) is 0 Å². The fourth-order valence-corrected chi connectivity index (χ4v) is 14.3. The molecule has 0 spiro atoms. The lowest BCUT2D eigenvalue weighted by Crippen LogP contribution is -2.60. The molecule has 11 amide bonds. The van der Waals surface area contributed by atoms with Crippen LogP contribution in [0, 0.1) is 35.5 Å². The van der Waals surface area contributed by atoms with Crippen molar-refractivity contribution in [2.75, 3.05) is 75.5 Å². The van der Waals surface area contributed by atoms with Gasteiger partial charge in [0.2, 0.25) is 65.0 Å². The molecule has 0 aromatic heterocycles. The molecule has 26 heteroatoms. The minimum Gasteiger partial charge on any atom is -0.351 e. The molecule has 3 saturated carbocycles. The summed E-state index contributed by atoms with van der Waals surface area (Å²) in [5, 5.41) is 8.48. The van der Waals surface area contributed by atoms with Crippen molar-refractivity contribution >= 4 is 76.6 Å². The zero-order valence-electron chi connectivity index (χ0n) is 56.4. The number of carbonyl (C=O) groups excluding carboxylic acids is 11.